The third kappa shape index (κ3) is 2.66. The Hall–Kier alpha value is -1.10. The van der Waals surface area contributed by atoms with Gasteiger partial charge in [-0.1, -0.05) is 23.8 Å². The van der Waals surface area contributed by atoms with Crippen molar-refractivity contribution in [3.05, 3.63) is 34.9 Å². The summed E-state index contributed by atoms with van der Waals surface area (Å²) in [4.78, 5) is 0. The largest absolute Gasteiger partial charge is 0.319 e. The van der Waals surface area contributed by atoms with Gasteiger partial charge in [0.1, 0.15) is 0 Å². The first-order chi connectivity index (χ1) is 8.40. The van der Waals surface area contributed by atoms with Crippen molar-refractivity contribution in [1.82, 2.24) is 5.32 Å². The SMILES string of the molecule is Cc1ccc2c(c1)C(NCC(F)(F)C(F)F)CC2. The fraction of sp³-hybridized carbons (Fsp3) is 0.538. The van der Waals surface area contributed by atoms with E-state index in [1.54, 1.807) is 0 Å². The van der Waals surface area contributed by atoms with E-state index in [0.717, 1.165) is 23.1 Å². The molecule has 0 bridgehead atoms. The van der Waals surface area contributed by atoms with Crippen LogP contribution in [0.15, 0.2) is 18.2 Å². The second-order valence-corrected chi connectivity index (χ2v) is 4.74. The van der Waals surface area contributed by atoms with E-state index in [2.05, 4.69) is 5.32 Å². The zero-order chi connectivity index (χ0) is 13.3. The van der Waals surface area contributed by atoms with Crippen LogP contribution in [0.2, 0.25) is 0 Å². The summed E-state index contributed by atoms with van der Waals surface area (Å²) in [6.45, 7) is 0.937. The Kier molecular flexibility index (Phi) is 3.61. The highest BCUT2D eigenvalue weighted by atomic mass is 19.3. The van der Waals surface area contributed by atoms with Crippen LogP contribution in [0.4, 0.5) is 17.6 Å². The van der Waals surface area contributed by atoms with Gasteiger partial charge in [-0.2, -0.15) is 8.78 Å². The van der Waals surface area contributed by atoms with E-state index < -0.39 is 18.9 Å². The lowest BCUT2D eigenvalue weighted by atomic mass is 10.0. The second kappa shape index (κ2) is 4.88. The van der Waals surface area contributed by atoms with Crippen molar-refractivity contribution in [3.63, 3.8) is 0 Å². The van der Waals surface area contributed by atoms with Gasteiger partial charge in [0.25, 0.3) is 0 Å². The summed E-state index contributed by atoms with van der Waals surface area (Å²) in [6.07, 6.45) is -2.14. The minimum atomic E-state index is -3.97. The molecule has 0 saturated heterocycles. The minimum absolute atomic E-state index is 0.246. The molecule has 1 N–H and O–H groups in total. The number of hydrogen-bond acceptors (Lipinski definition) is 1. The maximum Gasteiger partial charge on any atom is 0.319 e. The van der Waals surface area contributed by atoms with Gasteiger partial charge in [-0.15, -0.1) is 0 Å². The molecule has 1 atom stereocenters. The number of halogens is 4. The van der Waals surface area contributed by atoms with Crippen molar-refractivity contribution in [2.24, 2.45) is 0 Å². The molecule has 0 spiro atoms. The Morgan fingerprint density at radius 3 is 2.78 bits per heavy atom. The van der Waals surface area contributed by atoms with Gasteiger partial charge in [-0.05, 0) is 30.9 Å². The van der Waals surface area contributed by atoms with Crippen LogP contribution in [0.1, 0.15) is 29.2 Å². The van der Waals surface area contributed by atoms with Crippen molar-refractivity contribution >= 4 is 0 Å². The molecule has 0 heterocycles. The van der Waals surface area contributed by atoms with Crippen molar-refractivity contribution in [2.45, 2.75) is 38.2 Å². The van der Waals surface area contributed by atoms with Crippen LogP contribution in [-0.4, -0.2) is 18.9 Å². The average Bonchev–Trinajstić information content (AvgIpc) is 2.68. The first kappa shape index (κ1) is 13.3. The lowest BCUT2D eigenvalue weighted by Crippen LogP contribution is -2.39. The van der Waals surface area contributed by atoms with E-state index >= 15 is 0 Å². The summed E-state index contributed by atoms with van der Waals surface area (Å²) in [5, 5.41) is 2.56. The first-order valence-electron chi connectivity index (χ1n) is 5.89. The Bertz CT molecular complexity index is 431. The van der Waals surface area contributed by atoms with Crippen LogP contribution in [-0.2, 0) is 6.42 Å². The van der Waals surface area contributed by atoms with Gasteiger partial charge in [0.2, 0.25) is 0 Å². The Labute approximate surface area is 103 Å². The lowest BCUT2D eigenvalue weighted by Gasteiger charge is -2.20. The minimum Gasteiger partial charge on any atom is -0.304 e. The number of hydrogen-bond donors (Lipinski definition) is 1. The van der Waals surface area contributed by atoms with Crippen LogP contribution >= 0.6 is 0 Å². The van der Waals surface area contributed by atoms with Gasteiger partial charge in [-0.25, -0.2) is 8.78 Å². The standard InChI is InChI=1S/C13H15F4N/c1-8-2-3-9-4-5-11(10(9)6-8)18-7-13(16,17)12(14)15/h2-3,6,11-12,18H,4-5,7H2,1H3. The molecule has 0 fully saturated rings. The Balaban J connectivity index is 2.04. The summed E-state index contributed by atoms with van der Waals surface area (Å²) in [5.41, 5.74) is 3.11. The number of alkyl halides is 4. The molecule has 0 amide bonds. The average molecular weight is 261 g/mol. The fourth-order valence-electron chi connectivity index (χ4n) is 2.27. The summed E-state index contributed by atoms with van der Waals surface area (Å²) >= 11 is 0. The highest BCUT2D eigenvalue weighted by Crippen LogP contribution is 2.32. The highest BCUT2D eigenvalue weighted by Gasteiger charge is 2.41. The topological polar surface area (TPSA) is 12.0 Å². The monoisotopic (exact) mass is 261 g/mol. The first-order valence-corrected chi connectivity index (χ1v) is 5.89. The van der Waals surface area contributed by atoms with E-state index in [4.69, 9.17) is 0 Å². The Morgan fingerprint density at radius 1 is 1.39 bits per heavy atom. The van der Waals surface area contributed by atoms with Crippen molar-refractivity contribution < 1.29 is 17.6 Å². The number of aryl methyl sites for hydroxylation is 2. The molecule has 0 saturated carbocycles. The molecule has 1 aliphatic carbocycles. The number of benzene rings is 1. The molecule has 0 aromatic heterocycles. The van der Waals surface area contributed by atoms with Gasteiger partial charge >= 0.3 is 12.3 Å². The van der Waals surface area contributed by atoms with Gasteiger partial charge in [0, 0.05) is 6.04 Å². The van der Waals surface area contributed by atoms with Gasteiger partial charge in [0.15, 0.2) is 0 Å². The van der Waals surface area contributed by atoms with Crippen molar-refractivity contribution in [2.75, 3.05) is 6.54 Å². The van der Waals surface area contributed by atoms with Crippen LogP contribution in [0.5, 0.6) is 0 Å². The van der Waals surface area contributed by atoms with Crippen molar-refractivity contribution in [1.29, 1.82) is 0 Å². The molecule has 0 radical (unpaired) electrons. The smallest absolute Gasteiger partial charge is 0.304 e. The van der Waals surface area contributed by atoms with Crippen LogP contribution in [0.25, 0.3) is 0 Å². The quantitative estimate of drug-likeness (QED) is 0.818. The molecule has 100 valence electrons. The summed E-state index contributed by atoms with van der Waals surface area (Å²) in [7, 11) is 0. The molecule has 5 heteroatoms. The molecular weight excluding hydrogens is 246 g/mol. The zero-order valence-electron chi connectivity index (χ0n) is 10.0. The molecule has 1 aliphatic rings. The summed E-state index contributed by atoms with van der Waals surface area (Å²) in [6, 6.07) is 5.62. The number of fused-ring (bicyclic) bond motifs is 1. The maximum absolute atomic E-state index is 12.8. The van der Waals surface area contributed by atoms with Crippen LogP contribution in [0, 0.1) is 6.92 Å². The third-order valence-corrected chi connectivity index (χ3v) is 3.28. The molecule has 1 nitrogen and oxygen atoms in total. The highest BCUT2D eigenvalue weighted by molar-refractivity contribution is 5.37. The fourth-order valence-corrected chi connectivity index (χ4v) is 2.27. The van der Waals surface area contributed by atoms with E-state index in [0.29, 0.717) is 6.42 Å². The Morgan fingerprint density at radius 2 is 2.11 bits per heavy atom. The molecule has 18 heavy (non-hydrogen) atoms. The van der Waals surface area contributed by atoms with E-state index in [1.807, 2.05) is 25.1 Å². The molecule has 1 unspecified atom stereocenters. The maximum atomic E-state index is 12.8. The van der Waals surface area contributed by atoms with E-state index in [-0.39, 0.29) is 6.04 Å². The molecule has 1 aromatic carbocycles. The van der Waals surface area contributed by atoms with Gasteiger partial charge in [-0.3, -0.25) is 0 Å². The molecule has 0 aliphatic heterocycles. The summed E-state index contributed by atoms with van der Waals surface area (Å²) in [5.74, 6) is -3.97. The van der Waals surface area contributed by atoms with Gasteiger partial charge in [0.05, 0.1) is 6.54 Å². The molecular formula is C13H15F4N. The third-order valence-electron chi connectivity index (χ3n) is 3.28. The van der Waals surface area contributed by atoms with E-state index in [1.165, 1.54) is 0 Å². The number of rotatable bonds is 4. The molecule has 1 aromatic rings. The van der Waals surface area contributed by atoms with Crippen molar-refractivity contribution in [3.8, 4) is 0 Å². The van der Waals surface area contributed by atoms with E-state index in [9.17, 15) is 17.6 Å². The molecule has 2 rings (SSSR count). The predicted molar refractivity (Wildman–Crippen MR) is 61.2 cm³/mol. The lowest BCUT2D eigenvalue weighted by molar-refractivity contribution is -0.126. The summed E-state index contributed by atoms with van der Waals surface area (Å²) < 4.78 is 49.8. The van der Waals surface area contributed by atoms with Crippen LogP contribution < -0.4 is 5.32 Å². The predicted octanol–water partition coefficient (Wildman–Crippen LogP) is 3.47. The normalized spacial score (nSPS) is 19.3. The zero-order valence-corrected chi connectivity index (χ0v) is 10.0. The number of nitrogens with one attached hydrogen (secondary N) is 1. The van der Waals surface area contributed by atoms with Crippen LogP contribution in [0.3, 0.4) is 0 Å². The second-order valence-electron chi connectivity index (χ2n) is 4.74. The van der Waals surface area contributed by atoms with Gasteiger partial charge < -0.3 is 5.32 Å².